The van der Waals surface area contributed by atoms with Gasteiger partial charge in [-0.25, -0.2) is 13.6 Å². The normalized spacial score (nSPS) is 14.9. The zero-order valence-corrected chi connectivity index (χ0v) is 11.1. The van der Waals surface area contributed by atoms with Gasteiger partial charge in [0.15, 0.2) is 0 Å². The first-order chi connectivity index (χ1) is 9.36. The first-order valence-electron chi connectivity index (χ1n) is 5.65. The second-order valence-corrected chi connectivity index (χ2v) is 5.64. The highest BCUT2D eigenvalue weighted by Gasteiger charge is 2.24. The molecule has 2 amide bonds. The number of primary sulfonamides is 1. The minimum atomic E-state index is -3.69. The third-order valence-electron chi connectivity index (χ3n) is 2.59. The molecular formula is C11H12N4O4S. The van der Waals surface area contributed by atoms with E-state index in [0.29, 0.717) is 13.0 Å². The Morgan fingerprint density at radius 1 is 1.05 bits per heavy atom. The van der Waals surface area contributed by atoms with E-state index in [2.05, 4.69) is 15.6 Å². The lowest BCUT2D eigenvalue weighted by atomic mass is 10.1. The van der Waals surface area contributed by atoms with E-state index in [4.69, 9.17) is 5.14 Å². The molecule has 1 fully saturated rings. The number of guanidine groups is 1. The van der Waals surface area contributed by atoms with Gasteiger partial charge in [-0.15, -0.1) is 0 Å². The average molecular weight is 296 g/mol. The minimum Gasteiger partial charge on any atom is -0.288 e. The summed E-state index contributed by atoms with van der Waals surface area (Å²) in [4.78, 5) is 25.8. The maximum absolute atomic E-state index is 11.1. The van der Waals surface area contributed by atoms with Crippen molar-refractivity contribution in [1.82, 2.24) is 10.6 Å². The molecule has 0 radical (unpaired) electrons. The van der Waals surface area contributed by atoms with E-state index in [1.54, 1.807) is 12.1 Å². The van der Waals surface area contributed by atoms with Crippen molar-refractivity contribution in [2.24, 2.45) is 10.1 Å². The predicted molar refractivity (Wildman–Crippen MR) is 70.1 cm³/mol. The molecule has 0 unspecified atom stereocenters. The monoisotopic (exact) mass is 296 g/mol. The molecule has 0 bridgehead atoms. The summed E-state index contributed by atoms with van der Waals surface area (Å²) >= 11 is 0. The van der Waals surface area contributed by atoms with Crippen LogP contribution in [0.4, 0.5) is 0 Å². The lowest BCUT2D eigenvalue weighted by Gasteiger charge is -2.01. The molecule has 20 heavy (non-hydrogen) atoms. The fourth-order valence-corrected chi connectivity index (χ4v) is 2.10. The summed E-state index contributed by atoms with van der Waals surface area (Å²) in [6.07, 6.45) is 0.528. The Morgan fingerprint density at radius 3 is 2.10 bits per heavy atom. The number of carbonyl (C=O) groups is 2. The van der Waals surface area contributed by atoms with Crippen molar-refractivity contribution in [3.8, 4) is 0 Å². The van der Waals surface area contributed by atoms with Crippen LogP contribution in [0.5, 0.6) is 0 Å². The molecule has 0 aromatic heterocycles. The van der Waals surface area contributed by atoms with Gasteiger partial charge in [0.2, 0.25) is 16.0 Å². The minimum absolute atomic E-state index is 0.0443. The van der Waals surface area contributed by atoms with E-state index in [1.807, 2.05) is 0 Å². The van der Waals surface area contributed by atoms with Crippen LogP contribution in [0.15, 0.2) is 34.2 Å². The van der Waals surface area contributed by atoms with Crippen molar-refractivity contribution in [1.29, 1.82) is 0 Å². The summed E-state index contributed by atoms with van der Waals surface area (Å²) in [5.74, 6) is -1.34. The highest BCUT2D eigenvalue weighted by molar-refractivity contribution is 7.89. The Balaban J connectivity index is 1.94. The summed E-state index contributed by atoms with van der Waals surface area (Å²) < 4.78 is 22.1. The Morgan fingerprint density at radius 2 is 1.60 bits per heavy atom. The second-order valence-electron chi connectivity index (χ2n) is 4.08. The predicted octanol–water partition coefficient (Wildman–Crippen LogP) is -1.52. The molecule has 1 aromatic rings. The third-order valence-corrected chi connectivity index (χ3v) is 3.52. The van der Waals surface area contributed by atoms with E-state index in [9.17, 15) is 18.0 Å². The zero-order valence-electron chi connectivity index (χ0n) is 10.3. The zero-order chi connectivity index (χ0) is 14.8. The Hall–Kier alpha value is -2.26. The van der Waals surface area contributed by atoms with Crippen molar-refractivity contribution in [3.63, 3.8) is 0 Å². The number of amides is 2. The number of benzene rings is 1. The van der Waals surface area contributed by atoms with Crippen molar-refractivity contribution in [2.45, 2.75) is 11.3 Å². The molecule has 0 aliphatic carbocycles. The van der Waals surface area contributed by atoms with Gasteiger partial charge in [-0.1, -0.05) is 12.1 Å². The van der Waals surface area contributed by atoms with E-state index in [0.717, 1.165) is 5.56 Å². The van der Waals surface area contributed by atoms with Gasteiger partial charge in [0.1, 0.15) is 0 Å². The smallest absolute Gasteiger partial charge is 0.288 e. The maximum Gasteiger partial charge on any atom is 0.316 e. The molecule has 4 N–H and O–H groups in total. The SMILES string of the molecule is NS(=O)(=O)c1ccc(CCN=C2NC(=O)C(=O)N2)cc1. The van der Waals surface area contributed by atoms with Gasteiger partial charge < -0.3 is 0 Å². The molecule has 1 saturated heterocycles. The molecule has 1 aromatic carbocycles. The molecule has 1 heterocycles. The molecule has 9 heteroatoms. The van der Waals surface area contributed by atoms with Gasteiger partial charge in [0.25, 0.3) is 0 Å². The van der Waals surface area contributed by atoms with E-state index in [-0.39, 0.29) is 10.9 Å². The summed E-state index contributed by atoms with van der Waals surface area (Å²) in [6, 6.07) is 6.09. The number of hydrogen-bond acceptors (Lipinski definition) is 5. The number of aliphatic imine (C=N–C) groups is 1. The molecular weight excluding hydrogens is 284 g/mol. The van der Waals surface area contributed by atoms with Crippen molar-refractivity contribution < 1.29 is 18.0 Å². The summed E-state index contributed by atoms with van der Waals surface area (Å²) in [6.45, 7) is 0.338. The number of nitrogens with zero attached hydrogens (tertiary/aromatic N) is 1. The Kier molecular flexibility index (Phi) is 3.81. The maximum atomic E-state index is 11.1. The molecule has 8 nitrogen and oxygen atoms in total. The number of hydrogen-bond donors (Lipinski definition) is 3. The van der Waals surface area contributed by atoms with Gasteiger partial charge in [0, 0.05) is 6.54 Å². The summed E-state index contributed by atoms with van der Waals surface area (Å²) in [5, 5.41) is 9.53. The largest absolute Gasteiger partial charge is 0.316 e. The van der Waals surface area contributed by atoms with Crippen LogP contribution in [-0.2, 0) is 26.0 Å². The van der Waals surface area contributed by atoms with Crippen molar-refractivity contribution in [3.05, 3.63) is 29.8 Å². The van der Waals surface area contributed by atoms with Gasteiger partial charge in [-0.2, -0.15) is 0 Å². The van der Waals surface area contributed by atoms with Crippen molar-refractivity contribution >= 4 is 27.8 Å². The molecule has 106 valence electrons. The van der Waals surface area contributed by atoms with Crippen LogP contribution < -0.4 is 15.8 Å². The van der Waals surface area contributed by atoms with E-state index < -0.39 is 21.8 Å². The quantitative estimate of drug-likeness (QED) is 0.582. The van der Waals surface area contributed by atoms with Crippen LogP contribution in [0.25, 0.3) is 0 Å². The molecule has 1 aliphatic rings. The molecule has 2 rings (SSSR count). The second kappa shape index (κ2) is 5.39. The first kappa shape index (κ1) is 14.2. The topological polar surface area (TPSA) is 131 Å². The van der Waals surface area contributed by atoms with Gasteiger partial charge in [-0.05, 0) is 24.1 Å². The molecule has 0 spiro atoms. The number of sulfonamides is 1. The average Bonchev–Trinajstić information content (AvgIpc) is 2.68. The highest BCUT2D eigenvalue weighted by Crippen LogP contribution is 2.09. The summed E-state index contributed by atoms with van der Waals surface area (Å²) in [7, 11) is -3.69. The van der Waals surface area contributed by atoms with Crippen LogP contribution in [0, 0.1) is 0 Å². The lowest BCUT2D eigenvalue weighted by molar-refractivity contribution is -0.135. The standard InChI is InChI=1S/C11H12N4O4S/c12-20(18,19)8-3-1-7(2-4-8)5-6-13-11-14-9(16)10(17)15-11/h1-4H,5-6H2,(H2,12,18,19)(H2,13,14,15,16,17). The summed E-state index contributed by atoms with van der Waals surface area (Å²) in [5.41, 5.74) is 0.859. The van der Waals surface area contributed by atoms with Crippen LogP contribution in [0.3, 0.4) is 0 Å². The van der Waals surface area contributed by atoms with Crippen LogP contribution >= 0.6 is 0 Å². The van der Waals surface area contributed by atoms with Crippen molar-refractivity contribution in [2.75, 3.05) is 6.54 Å². The third kappa shape index (κ3) is 3.39. The van der Waals surface area contributed by atoms with Crippen LogP contribution in [-0.4, -0.2) is 32.7 Å². The number of nitrogens with one attached hydrogen (secondary N) is 2. The van der Waals surface area contributed by atoms with Crippen LogP contribution in [0.1, 0.15) is 5.56 Å². The van der Waals surface area contributed by atoms with Crippen LogP contribution in [0.2, 0.25) is 0 Å². The van der Waals surface area contributed by atoms with Gasteiger partial charge in [0.05, 0.1) is 4.90 Å². The van der Waals surface area contributed by atoms with E-state index >= 15 is 0 Å². The number of nitrogens with two attached hydrogens (primary N) is 1. The highest BCUT2D eigenvalue weighted by atomic mass is 32.2. The Bertz CT molecular complexity index is 661. The van der Waals surface area contributed by atoms with Gasteiger partial charge >= 0.3 is 11.8 Å². The Labute approximate surface area is 115 Å². The molecule has 0 saturated carbocycles. The number of rotatable bonds is 4. The fraction of sp³-hybridized carbons (Fsp3) is 0.182. The molecule has 1 aliphatic heterocycles. The first-order valence-corrected chi connectivity index (χ1v) is 7.19. The van der Waals surface area contributed by atoms with E-state index in [1.165, 1.54) is 12.1 Å². The number of carbonyl (C=O) groups excluding carboxylic acids is 2. The van der Waals surface area contributed by atoms with Gasteiger partial charge in [-0.3, -0.25) is 25.2 Å². The fourth-order valence-electron chi connectivity index (χ4n) is 1.58. The molecule has 0 atom stereocenters. The lowest BCUT2D eigenvalue weighted by Crippen LogP contribution is -2.26.